The third-order valence-electron chi connectivity index (χ3n) is 5.51. The normalized spacial score (nSPS) is 11.1. The van der Waals surface area contributed by atoms with E-state index in [0.717, 1.165) is 16.8 Å². The second kappa shape index (κ2) is 8.63. The van der Waals surface area contributed by atoms with Gasteiger partial charge in [-0.05, 0) is 11.6 Å². The highest BCUT2D eigenvalue weighted by Gasteiger charge is 2.23. The first-order valence-corrected chi connectivity index (χ1v) is 10.6. The summed E-state index contributed by atoms with van der Waals surface area (Å²) in [4.78, 5) is 35.2. The van der Waals surface area contributed by atoms with E-state index in [1.807, 2.05) is 77.5 Å². The smallest absolute Gasteiger partial charge is 0.234 e. The first-order valence-electron chi connectivity index (χ1n) is 10.6. The van der Waals surface area contributed by atoms with Gasteiger partial charge in [0.05, 0.1) is 29.6 Å². The van der Waals surface area contributed by atoms with Crippen molar-refractivity contribution in [1.82, 2.24) is 24.1 Å². The molecule has 0 N–H and O–H groups in total. The Bertz CT molecular complexity index is 1450. The van der Waals surface area contributed by atoms with E-state index in [4.69, 9.17) is 0 Å². The van der Waals surface area contributed by atoms with Gasteiger partial charge in [-0.3, -0.25) is 18.7 Å². The highest BCUT2D eigenvalue weighted by atomic mass is 16.1. The number of fused-ring (bicyclic) bond motifs is 1. The average molecular weight is 435 g/mol. The number of aryl methyl sites for hydroxylation is 1. The quantitative estimate of drug-likeness (QED) is 0.361. The second-order valence-corrected chi connectivity index (χ2v) is 7.83. The zero-order chi connectivity index (χ0) is 22.8. The molecule has 5 aromatic rings. The van der Waals surface area contributed by atoms with Crippen LogP contribution >= 0.6 is 0 Å². The van der Waals surface area contributed by atoms with Crippen molar-refractivity contribution < 1.29 is 9.59 Å². The van der Waals surface area contributed by atoms with Crippen molar-refractivity contribution in [1.29, 1.82) is 0 Å². The summed E-state index contributed by atoms with van der Waals surface area (Å²) in [5.41, 5.74) is 3.92. The average Bonchev–Trinajstić information content (AvgIpc) is 3.43. The van der Waals surface area contributed by atoms with Crippen LogP contribution in [0.2, 0.25) is 0 Å². The number of nitrogens with zero attached hydrogens (tertiary/aromatic N) is 5. The number of aromatic nitrogens is 5. The fraction of sp³-hybridized carbons (Fsp3) is 0.115. The molecule has 7 heteroatoms. The fourth-order valence-corrected chi connectivity index (χ4v) is 3.85. The topological polar surface area (TPSA) is 82.2 Å². The molecule has 7 nitrogen and oxygen atoms in total. The maximum absolute atomic E-state index is 13.2. The van der Waals surface area contributed by atoms with Crippen LogP contribution < -0.4 is 0 Å². The molecule has 0 unspecified atom stereocenters. The van der Waals surface area contributed by atoms with E-state index in [2.05, 4.69) is 15.1 Å². The summed E-state index contributed by atoms with van der Waals surface area (Å²) in [6.07, 6.45) is 5.48. The molecule has 0 aliphatic carbocycles. The Labute approximate surface area is 190 Å². The number of Topliss-reactive ketones (excluding diaryl/α,β-unsaturated/α-hetero) is 2. The van der Waals surface area contributed by atoms with Gasteiger partial charge in [0.1, 0.15) is 5.69 Å². The van der Waals surface area contributed by atoms with Crippen LogP contribution in [0.15, 0.2) is 85.3 Å². The van der Waals surface area contributed by atoms with Gasteiger partial charge in [-0.25, -0.2) is 9.97 Å². The predicted octanol–water partition coefficient (Wildman–Crippen LogP) is 3.98. The Morgan fingerprint density at radius 1 is 0.848 bits per heavy atom. The number of hydrogen-bond acceptors (Lipinski definition) is 5. The number of imidazole rings is 1. The zero-order valence-electron chi connectivity index (χ0n) is 18.0. The lowest BCUT2D eigenvalue weighted by Crippen LogP contribution is -2.16. The molecule has 0 radical (unpaired) electrons. The summed E-state index contributed by atoms with van der Waals surface area (Å²) in [5.74, 6) is 0.171. The maximum Gasteiger partial charge on any atom is 0.234 e. The molecule has 0 bridgehead atoms. The molecule has 0 saturated carbocycles. The summed E-state index contributed by atoms with van der Waals surface area (Å²) in [5, 5.41) is 4.17. The summed E-state index contributed by atoms with van der Waals surface area (Å²) in [6.45, 7) is 0. The molecule has 0 amide bonds. The molecule has 2 aromatic carbocycles. The van der Waals surface area contributed by atoms with E-state index < -0.39 is 0 Å². The van der Waals surface area contributed by atoms with Crippen LogP contribution in [-0.2, 0) is 19.9 Å². The largest absolute Gasteiger partial charge is 0.294 e. The highest BCUT2D eigenvalue weighted by molar-refractivity contribution is 6.08. The minimum Gasteiger partial charge on any atom is -0.294 e. The monoisotopic (exact) mass is 435 g/mol. The van der Waals surface area contributed by atoms with Gasteiger partial charge in [0.25, 0.3) is 0 Å². The van der Waals surface area contributed by atoms with Crippen molar-refractivity contribution >= 4 is 17.3 Å². The SMILES string of the molecule is Cn1ncc(C(=O)Cc2ccccc2)c1C(=O)Cc1ccn2cc(-c3ccccc3)nc2n1. The number of rotatable bonds is 7. The molecular weight excluding hydrogens is 414 g/mol. The Balaban J connectivity index is 1.38. The number of carbonyl (C=O) groups excluding carboxylic acids is 2. The van der Waals surface area contributed by atoms with Crippen molar-refractivity contribution in [3.8, 4) is 11.3 Å². The van der Waals surface area contributed by atoms with Crippen LogP contribution in [0.5, 0.6) is 0 Å². The van der Waals surface area contributed by atoms with Crippen molar-refractivity contribution in [3.63, 3.8) is 0 Å². The van der Waals surface area contributed by atoms with Crippen LogP contribution in [0.1, 0.15) is 32.1 Å². The molecule has 162 valence electrons. The molecule has 0 aliphatic heterocycles. The van der Waals surface area contributed by atoms with E-state index in [1.54, 1.807) is 13.1 Å². The molecule has 5 rings (SSSR count). The number of benzene rings is 2. The zero-order valence-corrected chi connectivity index (χ0v) is 18.0. The van der Waals surface area contributed by atoms with Crippen LogP contribution in [0, 0.1) is 0 Å². The Hall–Kier alpha value is -4.39. The fourth-order valence-electron chi connectivity index (χ4n) is 3.85. The van der Waals surface area contributed by atoms with Gasteiger partial charge in [-0.15, -0.1) is 0 Å². The molecule has 3 heterocycles. The van der Waals surface area contributed by atoms with Gasteiger partial charge in [0.2, 0.25) is 5.78 Å². The van der Waals surface area contributed by atoms with Crippen LogP contribution in [-0.4, -0.2) is 35.7 Å². The van der Waals surface area contributed by atoms with Gasteiger partial charge in [0.15, 0.2) is 11.6 Å². The summed E-state index contributed by atoms with van der Waals surface area (Å²) < 4.78 is 3.29. The van der Waals surface area contributed by atoms with Crippen molar-refractivity contribution in [2.75, 3.05) is 0 Å². The lowest BCUT2D eigenvalue weighted by Gasteiger charge is -2.06. The molecule has 0 fully saturated rings. The van der Waals surface area contributed by atoms with E-state index in [-0.39, 0.29) is 24.4 Å². The van der Waals surface area contributed by atoms with Gasteiger partial charge < -0.3 is 0 Å². The molecule has 33 heavy (non-hydrogen) atoms. The molecule has 0 atom stereocenters. The Morgan fingerprint density at radius 2 is 1.58 bits per heavy atom. The maximum atomic E-state index is 13.2. The highest BCUT2D eigenvalue weighted by Crippen LogP contribution is 2.19. The van der Waals surface area contributed by atoms with Gasteiger partial charge in [-0.2, -0.15) is 5.10 Å². The third kappa shape index (κ3) is 4.21. The Kier molecular flexibility index (Phi) is 5.36. The minimum atomic E-state index is -0.210. The van der Waals surface area contributed by atoms with Crippen LogP contribution in [0.25, 0.3) is 17.0 Å². The van der Waals surface area contributed by atoms with E-state index in [9.17, 15) is 9.59 Å². The lowest BCUT2D eigenvalue weighted by molar-refractivity contribution is 0.0954. The van der Waals surface area contributed by atoms with E-state index in [1.165, 1.54) is 10.9 Å². The van der Waals surface area contributed by atoms with Gasteiger partial charge in [-0.1, -0.05) is 60.7 Å². The molecule has 0 aliphatic rings. The third-order valence-corrected chi connectivity index (χ3v) is 5.51. The molecule has 0 saturated heterocycles. The molecular formula is C26H21N5O2. The summed E-state index contributed by atoms with van der Waals surface area (Å²) >= 11 is 0. The van der Waals surface area contributed by atoms with E-state index >= 15 is 0 Å². The van der Waals surface area contributed by atoms with Crippen molar-refractivity contribution in [2.45, 2.75) is 12.8 Å². The van der Waals surface area contributed by atoms with Crippen LogP contribution in [0.4, 0.5) is 0 Å². The van der Waals surface area contributed by atoms with Crippen LogP contribution in [0.3, 0.4) is 0 Å². The Morgan fingerprint density at radius 3 is 2.33 bits per heavy atom. The first kappa shape index (κ1) is 20.5. The minimum absolute atomic E-state index is 0.0508. The number of ketones is 2. The predicted molar refractivity (Wildman–Crippen MR) is 124 cm³/mol. The number of carbonyl (C=O) groups is 2. The van der Waals surface area contributed by atoms with Crippen molar-refractivity contribution in [3.05, 3.63) is 108 Å². The van der Waals surface area contributed by atoms with Crippen molar-refractivity contribution in [2.24, 2.45) is 7.05 Å². The lowest BCUT2D eigenvalue weighted by atomic mass is 10.0. The standard InChI is InChI=1S/C26H21N5O2/c1-30-25(21(16-27-30)23(32)14-18-8-4-2-5-9-18)24(33)15-20-12-13-31-17-22(29-26(31)28-20)19-10-6-3-7-11-19/h2-13,16-17H,14-15H2,1H3. The first-order chi connectivity index (χ1) is 16.1. The summed E-state index contributed by atoms with van der Waals surface area (Å²) in [7, 11) is 1.67. The summed E-state index contributed by atoms with van der Waals surface area (Å²) in [6, 6.07) is 21.1. The van der Waals surface area contributed by atoms with E-state index in [0.29, 0.717) is 22.7 Å². The molecule has 0 spiro atoms. The van der Waals surface area contributed by atoms with Gasteiger partial charge in [0, 0.05) is 31.4 Å². The molecule has 3 aromatic heterocycles. The van der Waals surface area contributed by atoms with Gasteiger partial charge >= 0.3 is 0 Å². The second-order valence-electron chi connectivity index (χ2n) is 7.83. The number of hydrogen-bond donors (Lipinski definition) is 0.